The molecule has 1 N–H and O–H groups in total. The van der Waals surface area contributed by atoms with Crippen LogP contribution < -0.4 is 5.32 Å². The van der Waals surface area contributed by atoms with E-state index < -0.39 is 15.7 Å². The van der Waals surface area contributed by atoms with Gasteiger partial charge >= 0.3 is 0 Å². The molecule has 1 aromatic carbocycles. The Kier molecular flexibility index (Phi) is 4.95. The lowest BCUT2D eigenvalue weighted by Gasteiger charge is -2.27. The van der Waals surface area contributed by atoms with Gasteiger partial charge in [-0.05, 0) is 24.3 Å². The second-order valence-corrected chi connectivity index (χ2v) is 9.64. The zero-order chi connectivity index (χ0) is 20.8. The maximum absolute atomic E-state index is 14.2. The van der Waals surface area contributed by atoms with E-state index in [-0.39, 0.29) is 41.2 Å². The molecule has 4 rings (SSSR count). The average Bonchev–Trinajstić information content (AvgIpc) is 3.06. The summed E-state index contributed by atoms with van der Waals surface area (Å²) < 4.78 is 39.2. The highest BCUT2D eigenvalue weighted by Gasteiger charge is 2.28. The standard InChI is InChI=1S/C19H18ClFN4O3S/c1-24-5-4-13-17(24)14(19(26)25-6-8-29(27,28)9-7-25)11-22-18(13)23-16-3-2-12(20)10-15(16)21/h2-5,10-11H,6-9H2,1H3,(H,22,23). The minimum Gasteiger partial charge on any atom is -0.350 e. The first-order valence-electron chi connectivity index (χ1n) is 8.91. The highest BCUT2D eigenvalue weighted by molar-refractivity contribution is 7.91. The highest BCUT2D eigenvalue weighted by atomic mass is 35.5. The molecule has 3 heterocycles. The maximum Gasteiger partial charge on any atom is 0.257 e. The predicted octanol–water partition coefficient (Wildman–Crippen LogP) is 2.98. The quantitative estimate of drug-likeness (QED) is 0.682. The zero-order valence-corrected chi connectivity index (χ0v) is 17.1. The number of sulfone groups is 1. The van der Waals surface area contributed by atoms with Gasteiger partial charge in [0, 0.05) is 42.9 Å². The zero-order valence-electron chi connectivity index (χ0n) is 15.5. The fourth-order valence-corrected chi connectivity index (χ4v) is 4.74. The summed E-state index contributed by atoms with van der Waals surface area (Å²) in [6.07, 6.45) is 3.22. The molecule has 29 heavy (non-hydrogen) atoms. The smallest absolute Gasteiger partial charge is 0.257 e. The van der Waals surface area contributed by atoms with Crippen molar-refractivity contribution in [2.24, 2.45) is 7.05 Å². The van der Waals surface area contributed by atoms with Crippen molar-refractivity contribution in [1.82, 2.24) is 14.5 Å². The van der Waals surface area contributed by atoms with Gasteiger partial charge in [0.15, 0.2) is 9.84 Å². The molecule has 1 fully saturated rings. The number of pyridine rings is 1. The summed E-state index contributed by atoms with van der Waals surface area (Å²) in [6.45, 7) is 0.312. The van der Waals surface area contributed by atoms with E-state index in [1.54, 1.807) is 29.9 Å². The van der Waals surface area contributed by atoms with Crippen LogP contribution in [0.15, 0.2) is 36.7 Å². The summed E-state index contributed by atoms with van der Waals surface area (Å²) in [5.41, 5.74) is 1.22. The van der Waals surface area contributed by atoms with E-state index in [2.05, 4.69) is 10.3 Å². The number of fused-ring (bicyclic) bond motifs is 1. The summed E-state index contributed by atoms with van der Waals surface area (Å²) in [4.78, 5) is 18.9. The van der Waals surface area contributed by atoms with Crippen LogP contribution in [-0.2, 0) is 16.9 Å². The average molecular weight is 437 g/mol. The molecule has 0 unspecified atom stereocenters. The summed E-state index contributed by atoms with van der Waals surface area (Å²) in [5, 5.41) is 3.89. The number of nitrogens with zero attached hydrogens (tertiary/aromatic N) is 3. The lowest BCUT2D eigenvalue weighted by Crippen LogP contribution is -2.43. The van der Waals surface area contributed by atoms with Crippen LogP contribution in [0.2, 0.25) is 5.02 Å². The summed E-state index contributed by atoms with van der Waals surface area (Å²) in [5.74, 6) is -0.475. The third-order valence-corrected chi connectivity index (χ3v) is 6.80. The monoisotopic (exact) mass is 436 g/mol. The van der Waals surface area contributed by atoms with Gasteiger partial charge in [-0.25, -0.2) is 17.8 Å². The number of benzene rings is 1. The summed E-state index contributed by atoms with van der Waals surface area (Å²) in [7, 11) is -1.29. The molecule has 7 nitrogen and oxygen atoms in total. The van der Waals surface area contributed by atoms with Gasteiger partial charge in [0.1, 0.15) is 11.6 Å². The van der Waals surface area contributed by atoms with E-state index in [4.69, 9.17) is 11.6 Å². The Labute approximate surface area is 172 Å². The number of amides is 1. The molecule has 1 aliphatic heterocycles. The first-order chi connectivity index (χ1) is 13.7. The molecule has 0 spiro atoms. The minimum absolute atomic E-state index is 0.0437. The van der Waals surface area contributed by atoms with Crippen LogP contribution in [0.5, 0.6) is 0 Å². The Morgan fingerprint density at radius 2 is 1.97 bits per heavy atom. The summed E-state index contributed by atoms with van der Waals surface area (Å²) in [6, 6.07) is 6.07. The van der Waals surface area contributed by atoms with Crippen molar-refractivity contribution in [3.05, 3.63) is 53.1 Å². The van der Waals surface area contributed by atoms with E-state index >= 15 is 0 Å². The third-order valence-electron chi connectivity index (χ3n) is 4.95. The summed E-state index contributed by atoms with van der Waals surface area (Å²) >= 11 is 5.80. The van der Waals surface area contributed by atoms with Crippen molar-refractivity contribution in [2.75, 3.05) is 29.9 Å². The molecular formula is C19H18ClFN4O3S. The Bertz CT molecular complexity index is 1210. The fourth-order valence-electron chi connectivity index (χ4n) is 3.38. The second-order valence-electron chi connectivity index (χ2n) is 6.90. The van der Waals surface area contributed by atoms with Crippen molar-refractivity contribution >= 4 is 49.8 Å². The van der Waals surface area contributed by atoms with Crippen molar-refractivity contribution in [2.45, 2.75) is 0 Å². The largest absolute Gasteiger partial charge is 0.350 e. The third kappa shape index (κ3) is 3.79. The second kappa shape index (κ2) is 7.31. The lowest BCUT2D eigenvalue weighted by molar-refractivity contribution is 0.0771. The molecule has 0 saturated carbocycles. The van der Waals surface area contributed by atoms with Gasteiger partial charge < -0.3 is 14.8 Å². The number of rotatable bonds is 3. The van der Waals surface area contributed by atoms with E-state index in [9.17, 15) is 17.6 Å². The Morgan fingerprint density at radius 1 is 1.24 bits per heavy atom. The van der Waals surface area contributed by atoms with Gasteiger partial charge in [-0.2, -0.15) is 0 Å². The number of aromatic nitrogens is 2. The van der Waals surface area contributed by atoms with Gasteiger partial charge in [0.2, 0.25) is 0 Å². The molecule has 1 amide bonds. The minimum atomic E-state index is -3.09. The van der Waals surface area contributed by atoms with Crippen LogP contribution in [0.25, 0.3) is 10.9 Å². The highest BCUT2D eigenvalue weighted by Crippen LogP contribution is 2.30. The molecule has 0 atom stereocenters. The molecule has 3 aromatic rings. The van der Waals surface area contributed by atoms with E-state index in [1.165, 1.54) is 23.2 Å². The Morgan fingerprint density at radius 3 is 2.66 bits per heavy atom. The number of anilines is 2. The first kappa shape index (κ1) is 19.7. The van der Waals surface area contributed by atoms with Crippen molar-refractivity contribution in [1.29, 1.82) is 0 Å². The van der Waals surface area contributed by atoms with Gasteiger partial charge in [0.25, 0.3) is 5.91 Å². The molecular weight excluding hydrogens is 419 g/mol. The van der Waals surface area contributed by atoms with Crippen molar-refractivity contribution in [3.8, 4) is 0 Å². The molecule has 0 aliphatic carbocycles. The van der Waals surface area contributed by atoms with Gasteiger partial charge in [-0.15, -0.1) is 0 Å². The number of hydrogen-bond acceptors (Lipinski definition) is 5. The number of carbonyl (C=O) groups is 1. The van der Waals surface area contributed by atoms with E-state index in [1.807, 2.05) is 0 Å². The molecule has 0 bridgehead atoms. The maximum atomic E-state index is 14.2. The molecule has 1 saturated heterocycles. The number of halogens is 2. The predicted molar refractivity (Wildman–Crippen MR) is 110 cm³/mol. The van der Waals surface area contributed by atoms with Crippen molar-refractivity contribution in [3.63, 3.8) is 0 Å². The Hall–Kier alpha value is -2.65. The molecule has 0 radical (unpaired) electrons. The van der Waals surface area contributed by atoms with Gasteiger partial charge in [-0.1, -0.05) is 11.6 Å². The molecule has 2 aromatic heterocycles. The normalized spacial score (nSPS) is 16.2. The number of nitrogens with one attached hydrogen (secondary N) is 1. The van der Waals surface area contributed by atoms with Gasteiger partial charge in [0.05, 0.1) is 28.3 Å². The van der Waals surface area contributed by atoms with Crippen LogP contribution in [-0.4, -0.2) is 53.4 Å². The SMILES string of the molecule is Cn1ccc2c(Nc3ccc(Cl)cc3F)ncc(C(=O)N3CCS(=O)(=O)CC3)c21. The topological polar surface area (TPSA) is 84.3 Å². The number of carbonyl (C=O) groups excluding carboxylic acids is 1. The first-order valence-corrected chi connectivity index (χ1v) is 11.1. The molecule has 10 heteroatoms. The van der Waals surface area contributed by atoms with Crippen LogP contribution in [0.3, 0.4) is 0 Å². The molecule has 152 valence electrons. The Balaban J connectivity index is 1.70. The van der Waals surface area contributed by atoms with Crippen LogP contribution >= 0.6 is 11.6 Å². The number of hydrogen-bond donors (Lipinski definition) is 1. The van der Waals surface area contributed by atoms with E-state index in [0.717, 1.165) is 0 Å². The van der Waals surface area contributed by atoms with Crippen LogP contribution in [0.1, 0.15) is 10.4 Å². The van der Waals surface area contributed by atoms with E-state index in [0.29, 0.717) is 22.3 Å². The lowest BCUT2D eigenvalue weighted by atomic mass is 10.1. The fraction of sp³-hybridized carbons (Fsp3) is 0.263. The van der Waals surface area contributed by atoms with Crippen LogP contribution in [0.4, 0.5) is 15.9 Å². The number of aryl methyl sites for hydroxylation is 1. The van der Waals surface area contributed by atoms with Crippen LogP contribution in [0, 0.1) is 5.82 Å². The van der Waals surface area contributed by atoms with Gasteiger partial charge in [-0.3, -0.25) is 4.79 Å². The van der Waals surface area contributed by atoms with Crippen molar-refractivity contribution < 1.29 is 17.6 Å². The molecule has 1 aliphatic rings.